The summed E-state index contributed by atoms with van der Waals surface area (Å²) in [4.78, 5) is 0. The van der Waals surface area contributed by atoms with Gasteiger partial charge < -0.3 is 9.47 Å². The van der Waals surface area contributed by atoms with Crippen LogP contribution in [0.1, 0.15) is 54.4 Å². The van der Waals surface area contributed by atoms with Crippen LogP contribution >= 0.6 is 8.58 Å². The van der Waals surface area contributed by atoms with Gasteiger partial charge in [-0.2, -0.15) is 0 Å². The molecule has 2 nitrogen and oxygen atoms in total. The number of hydrogen-bond acceptors (Lipinski definition) is 2. The average Bonchev–Trinajstić information content (AvgIpc) is 2.31. The average molecular weight is 276 g/mol. The van der Waals surface area contributed by atoms with E-state index in [1.165, 1.54) is 12.8 Å². The summed E-state index contributed by atoms with van der Waals surface area (Å²) in [5.41, 5.74) is 0.702. The Labute approximate surface area is 116 Å². The number of ether oxygens (including phenoxy) is 2. The normalized spacial score (nSPS) is 16.7. The Morgan fingerprint density at radius 2 is 1.78 bits per heavy atom. The fourth-order valence-corrected chi connectivity index (χ4v) is 2.87. The van der Waals surface area contributed by atoms with E-state index in [0.29, 0.717) is 12.5 Å². The molecule has 0 amide bonds. The lowest BCUT2D eigenvalue weighted by Gasteiger charge is -2.28. The second-order valence-corrected chi connectivity index (χ2v) is 7.56. The molecule has 0 radical (unpaired) electrons. The maximum absolute atomic E-state index is 6.01. The van der Waals surface area contributed by atoms with Gasteiger partial charge in [-0.15, -0.1) is 8.58 Å². The monoisotopic (exact) mass is 276 g/mol. The zero-order valence-corrected chi connectivity index (χ0v) is 14.4. The van der Waals surface area contributed by atoms with Gasteiger partial charge in [0, 0.05) is 6.61 Å². The van der Waals surface area contributed by atoms with Gasteiger partial charge in [0.1, 0.15) is 0 Å². The van der Waals surface area contributed by atoms with Crippen LogP contribution in [0.2, 0.25) is 0 Å². The molecule has 0 N–H and O–H groups in total. The minimum Gasteiger partial charge on any atom is -0.376 e. The fraction of sp³-hybridized carbons (Fsp3) is 1.00. The van der Waals surface area contributed by atoms with E-state index < -0.39 is 0 Å². The van der Waals surface area contributed by atoms with Crippen molar-refractivity contribution in [1.29, 1.82) is 0 Å². The number of hydrogen-bond donors (Lipinski definition) is 0. The molecule has 0 fully saturated rings. The highest BCUT2D eigenvalue weighted by atomic mass is 31.1. The van der Waals surface area contributed by atoms with E-state index in [4.69, 9.17) is 9.47 Å². The predicted octanol–water partition coefficient (Wildman–Crippen LogP) is 4.32. The first kappa shape index (κ1) is 18.4. The molecule has 0 aliphatic rings. The third-order valence-corrected chi connectivity index (χ3v) is 4.57. The molecule has 0 aromatic heterocycles. The lowest BCUT2D eigenvalue weighted by atomic mass is 10.0. The van der Waals surface area contributed by atoms with Gasteiger partial charge in [-0.05, 0) is 58.8 Å². The molecule has 3 unspecified atom stereocenters. The van der Waals surface area contributed by atoms with Crippen LogP contribution in [0.3, 0.4) is 0 Å². The maximum atomic E-state index is 6.01. The lowest BCUT2D eigenvalue weighted by molar-refractivity contribution is -0.0965. The summed E-state index contributed by atoms with van der Waals surface area (Å²) in [6, 6.07) is 0. The van der Waals surface area contributed by atoms with Crippen LogP contribution in [0.5, 0.6) is 0 Å². The number of rotatable bonds is 10. The van der Waals surface area contributed by atoms with Crippen molar-refractivity contribution in [3.05, 3.63) is 0 Å². The van der Waals surface area contributed by atoms with E-state index in [9.17, 15) is 0 Å². The lowest BCUT2D eigenvalue weighted by Crippen LogP contribution is -2.34. The highest BCUT2D eigenvalue weighted by molar-refractivity contribution is 7.37. The SMILES string of the molecule is CCC(CC(C)COC(C)(C)COC(C)C)PC. The predicted molar refractivity (Wildman–Crippen MR) is 83.2 cm³/mol. The molecule has 0 saturated heterocycles. The van der Waals surface area contributed by atoms with Crippen molar-refractivity contribution in [3.63, 3.8) is 0 Å². The maximum Gasteiger partial charge on any atom is 0.0859 e. The van der Waals surface area contributed by atoms with Gasteiger partial charge in [0.15, 0.2) is 0 Å². The zero-order valence-electron chi connectivity index (χ0n) is 13.4. The minimum atomic E-state index is -0.172. The highest BCUT2D eigenvalue weighted by Crippen LogP contribution is 2.25. The second-order valence-electron chi connectivity index (χ2n) is 6.17. The van der Waals surface area contributed by atoms with Gasteiger partial charge in [0.2, 0.25) is 0 Å². The smallest absolute Gasteiger partial charge is 0.0859 e. The van der Waals surface area contributed by atoms with Crippen LogP contribution in [0.15, 0.2) is 0 Å². The molecule has 0 aromatic rings. The van der Waals surface area contributed by atoms with Crippen molar-refractivity contribution in [2.45, 2.75) is 71.7 Å². The summed E-state index contributed by atoms with van der Waals surface area (Å²) < 4.78 is 11.6. The first-order valence-electron chi connectivity index (χ1n) is 7.23. The van der Waals surface area contributed by atoms with Crippen molar-refractivity contribution < 1.29 is 9.47 Å². The molecule has 0 saturated carbocycles. The van der Waals surface area contributed by atoms with Gasteiger partial charge in [-0.3, -0.25) is 0 Å². The highest BCUT2D eigenvalue weighted by Gasteiger charge is 2.21. The molecule has 0 rings (SSSR count). The first-order chi connectivity index (χ1) is 8.30. The molecule has 0 heterocycles. The molecule has 0 aromatic carbocycles. The summed E-state index contributed by atoms with van der Waals surface area (Å²) in [5.74, 6) is 0.640. The summed E-state index contributed by atoms with van der Waals surface area (Å²) in [5, 5.41) is 0. The van der Waals surface area contributed by atoms with Crippen LogP contribution in [0.25, 0.3) is 0 Å². The Morgan fingerprint density at radius 3 is 2.22 bits per heavy atom. The van der Waals surface area contributed by atoms with Crippen LogP contribution in [0.4, 0.5) is 0 Å². The third kappa shape index (κ3) is 9.30. The Morgan fingerprint density at radius 1 is 1.17 bits per heavy atom. The van der Waals surface area contributed by atoms with Gasteiger partial charge in [0.25, 0.3) is 0 Å². The van der Waals surface area contributed by atoms with E-state index in [0.717, 1.165) is 20.8 Å². The van der Waals surface area contributed by atoms with Crippen molar-refractivity contribution in [2.24, 2.45) is 5.92 Å². The van der Waals surface area contributed by atoms with Crippen LogP contribution in [-0.4, -0.2) is 37.2 Å². The molecule has 0 spiro atoms. The Kier molecular flexibility index (Phi) is 9.47. The molecule has 18 heavy (non-hydrogen) atoms. The van der Waals surface area contributed by atoms with Crippen LogP contribution < -0.4 is 0 Å². The largest absolute Gasteiger partial charge is 0.376 e. The molecule has 0 bridgehead atoms. The second kappa shape index (κ2) is 9.28. The first-order valence-corrected chi connectivity index (χ1v) is 8.81. The molecular formula is C15H33O2P. The van der Waals surface area contributed by atoms with E-state index in [2.05, 4.69) is 48.2 Å². The Balaban J connectivity index is 3.91. The molecule has 0 aliphatic carbocycles. The van der Waals surface area contributed by atoms with Crippen molar-refractivity contribution in [3.8, 4) is 0 Å². The van der Waals surface area contributed by atoms with Crippen LogP contribution in [0, 0.1) is 5.92 Å². The quantitative estimate of drug-likeness (QED) is 0.553. The van der Waals surface area contributed by atoms with Gasteiger partial charge in [-0.1, -0.05) is 13.8 Å². The minimum absolute atomic E-state index is 0.172. The molecule has 0 aliphatic heterocycles. The standard InChI is InChI=1S/C15H33O2P/c1-8-14(18-7)9-13(4)10-17-15(5,6)11-16-12(2)3/h12-14,18H,8-11H2,1-7H3. The van der Waals surface area contributed by atoms with E-state index in [1.807, 2.05) is 0 Å². The third-order valence-electron chi connectivity index (χ3n) is 3.11. The molecule has 3 heteroatoms. The van der Waals surface area contributed by atoms with Crippen molar-refractivity contribution in [2.75, 3.05) is 19.9 Å². The summed E-state index contributed by atoms with van der Waals surface area (Å²) >= 11 is 0. The van der Waals surface area contributed by atoms with Crippen molar-refractivity contribution >= 4 is 8.58 Å². The Bertz CT molecular complexity index is 201. The van der Waals surface area contributed by atoms with Crippen LogP contribution in [-0.2, 0) is 9.47 Å². The van der Waals surface area contributed by atoms with Gasteiger partial charge >= 0.3 is 0 Å². The fourth-order valence-electron chi connectivity index (χ4n) is 1.82. The Hall–Kier alpha value is 0.350. The van der Waals surface area contributed by atoms with E-state index in [1.54, 1.807) is 0 Å². The van der Waals surface area contributed by atoms with Gasteiger partial charge in [-0.25, -0.2) is 0 Å². The summed E-state index contributed by atoms with van der Waals surface area (Å²) in [6.07, 6.45) is 2.85. The molecule has 3 atom stereocenters. The summed E-state index contributed by atoms with van der Waals surface area (Å²) in [7, 11) is 1.05. The zero-order chi connectivity index (χ0) is 14.2. The summed E-state index contributed by atoms with van der Waals surface area (Å²) in [6.45, 7) is 16.8. The van der Waals surface area contributed by atoms with E-state index >= 15 is 0 Å². The topological polar surface area (TPSA) is 18.5 Å². The molecular weight excluding hydrogens is 243 g/mol. The van der Waals surface area contributed by atoms with Crippen molar-refractivity contribution in [1.82, 2.24) is 0 Å². The van der Waals surface area contributed by atoms with E-state index in [-0.39, 0.29) is 11.7 Å². The molecule has 110 valence electrons. The van der Waals surface area contributed by atoms with Gasteiger partial charge in [0.05, 0.1) is 18.3 Å².